The van der Waals surface area contributed by atoms with E-state index in [1.165, 1.54) is 0 Å². The van der Waals surface area contributed by atoms with Gasteiger partial charge >= 0.3 is 12.3 Å². The van der Waals surface area contributed by atoms with Crippen LogP contribution >= 0.6 is 0 Å². The molecule has 0 aromatic carbocycles. The Balaban J connectivity index is 2.55. The molecule has 0 aromatic heterocycles. The van der Waals surface area contributed by atoms with Gasteiger partial charge in [-0.25, -0.2) is 17.2 Å². The monoisotopic (exact) mass is 277 g/mol. The summed E-state index contributed by atoms with van der Waals surface area (Å²) in [6, 6.07) is 0. The minimum absolute atomic E-state index is 0.0707. The van der Waals surface area contributed by atoms with Crippen molar-refractivity contribution in [3.63, 3.8) is 0 Å². The molecular weight excluding hydrogens is 266 g/mol. The molecular formula is C8H11F4NO3S. The van der Waals surface area contributed by atoms with Gasteiger partial charge in [0.05, 0.1) is 11.0 Å². The fraction of sp³-hybridized carbons (Fsp3) is 0.875. The summed E-state index contributed by atoms with van der Waals surface area (Å²) < 4.78 is 71.1. The molecule has 9 heteroatoms. The van der Waals surface area contributed by atoms with E-state index in [0.29, 0.717) is 6.42 Å². The van der Waals surface area contributed by atoms with Crippen LogP contribution in [0.25, 0.3) is 0 Å². The lowest BCUT2D eigenvalue weighted by Crippen LogP contribution is -2.47. The molecule has 4 nitrogen and oxygen atoms in total. The molecule has 1 atom stereocenters. The van der Waals surface area contributed by atoms with E-state index in [1.807, 2.05) is 0 Å². The first-order chi connectivity index (χ1) is 7.68. The number of carbonyl (C=O) groups excluding carboxylic acids is 1. The summed E-state index contributed by atoms with van der Waals surface area (Å²) in [4.78, 5) is 10.7. The highest BCUT2D eigenvalue weighted by molar-refractivity contribution is 7.92. The molecule has 0 spiro atoms. The summed E-state index contributed by atoms with van der Waals surface area (Å²) in [5.41, 5.74) is 0. The van der Waals surface area contributed by atoms with Gasteiger partial charge in [-0.3, -0.25) is 4.79 Å². The van der Waals surface area contributed by atoms with E-state index in [0.717, 1.165) is 0 Å². The first kappa shape index (κ1) is 14.2. The van der Waals surface area contributed by atoms with Gasteiger partial charge in [0.15, 0.2) is 9.84 Å². The third-order valence-corrected chi connectivity index (χ3v) is 4.81. The van der Waals surface area contributed by atoms with Gasteiger partial charge in [0.1, 0.15) is 0 Å². The van der Waals surface area contributed by atoms with E-state index in [1.54, 1.807) is 5.32 Å². The van der Waals surface area contributed by atoms with Crippen molar-refractivity contribution in [1.29, 1.82) is 0 Å². The number of alkyl halides is 4. The maximum absolute atomic E-state index is 12.5. The van der Waals surface area contributed by atoms with Gasteiger partial charge in [0, 0.05) is 6.54 Å². The second-order valence-corrected chi connectivity index (χ2v) is 6.17. The van der Waals surface area contributed by atoms with Crippen LogP contribution < -0.4 is 5.32 Å². The van der Waals surface area contributed by atoms with Gasteiger partial charge in [-0.05, 0) is 12.8 Å². The maximum atomic E-state index is 12.5. The molecule has 0 radical (unpaired) electrons. The average Bonchev–Trinajstić information content (AvgIpc) is 2.53. The fourth-order valence-electron chi connectivity index (χ4n) is 1.51. The largest absolute Gasteiger partial charge is 0.383 e. The van der Waals surface area contributed by atoms with Crippen molar-refractivity contribution in [3.05, 3.63) is 0 Å². The van der Waals surface area contributed by atoms with Gasteiger partial charge in [0.25, 0.3) is 5.91 Å². The number of rotatable bonds is 4. The standard InChI is InChI=1S/C8H11F4NO3S/c9-6(10)8(11,12)7(14)13-4-5-2-1-3-17(5,15)16/h5-6H,1-4H2,(H,13,14). The molecule has 1 aliphatic rings. The molecule has 1 fully saturated rings. The minimum Gasteiger partial charge on any atom is -0.349 e. The molecule has 100 valence electrons. The van der Waals surface area contributed by atoms with E-state index in [9.17, 15) is 30.8 Å². The zero-order valence-electron chi connectivity index (χ0n) is 8.63. The van der Waals surface area contributed by atoms with E-state index in [4.69, 9.17) is 0 Å². The van der Waals surface area contributed by atoms with Crippen LogP contribution in [-0.2, 0) is 14.6 Å². The predicted molar refractivity (Wildman–Crippen MR) is 50.8 cm³/mol. The SMILES string of the molecule is O=C(NCC1CCCS1(=O)=O)C(F)(F)C(F)F. The van der Waals surface area contributed by atoms with Crippen molar-refractivity contribution in [2.75, 3.05) is 12.3 Å². The van der Waals surface area contributed by atoms with Crippen LogP contribution in [0.2, 0.25) is 0 Å². The van der Waals surface area contributed by atoms with E-state index < -0.39 is 39.9 Å². The lowest BCUT2D eigenvalue weighted by molar-refractivity contribution is -0.169. The molecule has 0 aliphatic carbocycles. The van der Waals surface area contributed by atoms with Gasteiger partial charge in [0.2, 0.25) is 0 Å². The maximum Gasteiger partial charge on any atom is 0.383 e. The summed E-state index contributed by atoms with van der Waals surface area (Å²) in [5, 5.41) is 0.595. The second kappa shape index (κ2) is 4.79. The summed E-state index contributed by atoms with van der Waals surface area (Å²) in [5.74, 6) is -7.00. The van der Waals surface area contributed by atoms with Crippen LogP contribution in [0.5, 0.6) is 0 Å². The zero-order chi connectivity index (χ0) is 13.3. The number of hydrogen-bond donors (Lipinski definition) is 1. The first-order valence-electron chi connectivity index (χ1n) is 4.83. The van der Waals surface area contributed by atoms with Crippen LogP contribution in [0.4, 0.5) is 17.6 Å². The van der Waals surface area contributed by atoms with Crippen LogP contribution in [0, 0.1) is 0 Å². The highest BCUT2D eigenvalue weighted by atomic mass is 32.2. The number of halogens is 4. The van der Waals surface area contributed by atoms with E-state index >= 15 is 0 Å². The van der Waals surface area contributed by atoms with Gasteiger partial charge in [-0.1, -0.05) is 0 Å². The Kier molecular flexibility index (Phi) is 4.00. The highest BCUT2D eigenvalue weighted by Gasteiger charge is 2.49. The Morgan fingerprint density at radius 3 is 2.41 bits per heavy atom. The Hall–Kier alpha value is -0.860. The minimum atomic E-state index is -4.79. The summed E-state index contributed by atoms with van der Waals surface area (Å²) in [6.45, 7) is -0.552. The summed E-state index contributed by atoms with van der Waals surface area (Å²) in [6.07, 6.45) is -3.49. The molecule has 1 rings (SSSR count). The molecule has 1 unspecified atom stereocenters. The number of sulfone groups is 1. The van der Waals surface area contributed by atoms with Crippen molar-refractivity contribution >= 4 is 15.7 Å². The highest BCUT2D eigenvalue weighted by Crippen LogP contribution is 2.23. The van der Waals surface area contributed by atoms with Crippen molar-refractivity contribution in [3.8, 4) is 0 Å². The summed E-state index contributed by atoms with van der Waals surface area (Å²) in [7, 11) is -3.40. The van der Waals surface area contributed by atoms with Crippen LogP contribution in [0.1, 0.15) is 12.8 Å². The Bertz CT molecular complexity index is 396. The smallest absolute Gasteiger partial charge is 0.349 e. The Morgan fingerprint density at radius 2 is 2.00 bits per heavy atom. The third kappa shape index (κ3) is 3.08. The predicted octanol–water partition coefficient (Wildman–Crippen LogP) is 0.580. The topological polar surface area (TPSA) is 63.2 Å². The average molecular weight is 277 g/mol. The fourth-order valence-corrected chi connectivity index (χ4v) is 3.28. The molecule has 0 aromatic rings. The lowest BCUT2D eigenvalue weighted by atomic mass is 10.2. The van der Waals surface area contributed by atoms with Crippen molar-refractivity contribution < 1.29 is 30.8 Å². The summed E-state index contributed by atoms with van der Waals surface area (Å²) >= 11 is 0. The van der Waals surface area contributed by atoms with E-state index in [2.05, 4.69) is 0 Å². The Labute approximate surface area is 95.3 Å². The van der Waals surface area contributed by atoms with Crippen molar-refractivity contribution in [1.82, 2.24) is 5.32 Å². The molecule has 1 N–H and O–H groups in total. The number of hydrogen-bond acceptors (Lipinski definition) is 3. The number of carbonyl (C=O) groups is 1. The van der Waals surface area contributed by atoms with Gasteiger partial charge < -0.3 is 5.32 Å². The van der Waals surface area contributed by atoms with Crippen LogP contribution in [0.15, 0.2) is 0 Å². The Morgan fingerprint density at radius 1 is 1.41 bits per heavy atom. The molecule has 0 saturated carbocycles. The normalized spacial score (nSPS) is 23.9. The molecule has 1 amide bonds. The molecule has 1 aliphatic heterocycles. The van der Waals surface area contributed by atoms with Crippen LogP contribution in [-0.4, -0.2) is 44.2 Å². The number of amides is 1. The third-order valence-electron chi connectivity index (χ3n) is 2.53. The van der Waals surface area contributed by atoms with Crippen LogP contribution in [0.3, 0.4) is 0 Å². The first-order valence-corrected chi connectivity index (χ1v) is 6.55. The number of nitrogens with one attached hydrogen (secondary N) is 1. The van der Waals surface area contributed by atoms with Gasteiger partial charge in [-0.2, -0.15) is 8.78 Å². The quantitative estimate of drug-likeness (QED) is 0.765. The van der Waals surface area contributed by atoms with Crippen molar-refractivity contribution in [2.45, 2.75) is 30.4 Å². The van der Waals surface area contributed by atoms with Crippen molar-refractivity contribution in [2.24, 2.45) is 0 Å². The molecule has 1 heterocycles. The molecule has 17 heavy (non-hydrogen) atoms. The zero-order valence-corrected chi connectivity index (χ0v) is 9.44. The second-order valence-electron chi connectivity index (χ2n) is 3.76. The van der Waals surface area contributed by atoms with Gasteiger partial charge in [-0.15, -0.1) is 0 Å². The lowest BCUT2D eigenvalue weighted by Gasteiger charge is -2.16. The van der Waals surface area contributed by atoms with E-state index in [-0.39, 0.29) is 12.2 Å². The molecule has 1 saturated heterocycles. The molecule has 0 bridgehead atoms.